The Morgan fingerprint density at radius 3 is 0.882 bits per heavy atom. The van der Waals surface area contributed by atoms with E-state index in [0.717, 1.165) is 72.7 Å². The van der Waals surface area contributed by atoms with Crippen molar-refractivity contribution in [3.8, 4) is 51.7 Å². The summed E-state index contributed by atoms with van der Waals surface area (Å²) >= 11 is 12.3. The lowest BCUT2D eigenvalue weighted by atomic mass is 9.77. The summed E-state index contributed by atoms with van der Waals surface area (Å²) < 4.78 is 129. The lowest BCUT2D eigenvalue weighted by Gasteiger charge is -2.28. The van der Waals surface area contributed by atoms with E-state index in [1.54, 1.807) is 180 Å². The van der Waals surface area contributed by atoms with Gasteiger partial charge in [-0.25, -0.2) is 25.3 Å². The van der Waals surface area contributed by atoms with Crippen molar-refractivity contribution in [1.29, 1.82) is 0 Å². The first kappa shape index (κ1) is 92.6. The molecule has 0 aliphatic carbocycles. The molecule has 21 heteroatoms. The van der Waals surface area contributed by atoms with Crippen LogP contribution >= 0.6 is 23.2 Å². The van der Waals surface area contributed by atoms with E-state index in [1.807, 2.05) is 107 Å². The van der Waals surface area contributed by atoms with Crippen molar-refractivity contribution in [1.82, 2.24) is 0 Å². The number of rotatable bonds is 32. The summed E-state index contributed by atoms with van der Waals surface area (Å²) in [5, 5.41) is 10.0. The fraction of sp³-hybridized carbons (Fsp3) is 0.265. The zero-order valence-corrected chi connectivity index (χ0v) is 74.1. The first-order chi connectivity index (χ1) is 56.8. The molecule has 0 bridgehead atoms. The predicted octanol–water partition coefficient (Wildman–Crippen LogP) is 23.4. The SMILES string of the molecule is CC.COCCOCc1cc(C(C)(C)c2ccc(Oc3ccc(S(=O)(=O)c4ccc(C)cc4)cc3)c(COCCOC)c2)ccc1OC.COc1ccc(C(C)(C)c2ccc(Oc3ccc(S(=O)(=O)c4ccc(C)cc4)cc3)cc2)cc1.Cc1ccc(S(=O)(=O)c2ccc(Oc3ccc(C(C)(C)c4ccc(O)c(CCl)c4)cc3CCl)cc2)cc1. The van der Waals surface area contributed by atoms with Crippen LogP contribution in [0.1, 0.15) is 128 Å². The Kier molecular flexibility index (Phi) is 32.7. The van der Waals surface area contributed by atoms with Crippen molar-refractivity contribution in [2.24, 2.45) is 0 Å². The van der Waals surface area contributed by atoms with Crippen molar-refractivity contribution in [3.05, 3.63) is 339 Å². The molecule has 0 heterocycles. The molecule has 12 rings (SSSR count). The van der Waals surface area contributed by atoms with Gasteiger partial charge in [0.2, 0.25) is 29.5 Å². The molecule has 0 saturated heterocycles. The Hall–Kier alpha value is -10.3. The van der Waals surface area contributed by atoms with E-state index < -0.39 is 29.5 Å². The van der Waals surface area contributed by atoms with Gasteiger partial charge in [0.15, 0.2) is 0 Å². The summed E-state index contributed by atoms with van der Waals surface area (Å²) in [5.74, 6) is 5.73. The molecule has 16 nitrogen and oxygen atoms in total. The van der Waals surface area contributed by atoms with Gasteiger partial charge >= 0.3 is 0 Å². The van der Waals surface area contributed by atoms with Crippen molar-refractivity contribution < 1.29 is 73.0 Å². The van der Waals surface area contributed by atoms with E-state index in [9.17, 15) is 30.4 Å². The van der Waals surface area contributed by atoms with E-state index in [1.165, 1.54) is 5.56 Å². The Morgan fingerprint density at radius 1 is 0.294 bits per heavy atom. The van der Waals surface area contributed by atoms with E-state index in [-0.39, 0.29) is 63.1 Å². The number of hydrogen-bond acceptors (Lipinski definition) is 16. The second-order valence-electron chi connectivity index (χ2n) is 29.7. The summed E-state index contributed by atoms with van der Waals surface area (Å²) in [7, 11) is -4.22. The molecule has 0 amide bonds. The summed E-state index contributed by atoms with van der Waals surface area (Å²) in [6, 6.07) is 79.4. The van der Waals surface area contributed by atoms with Crippen LogP contribution in [0.25, 0.3) is 0 Å². The summed E-state index contributed by atoms with van der Waals surface area (Å²) in [6.07, 6.45) is 0. The van der Waals surface area contributed by atoms with Crippen LogP contribution in [-0.2, 0) is 89.7 Å². The zero-order valence-electron chi connectivity index (χ0n) is 70.1. The molecule has 626 valence electrons. The highest BCUT2D eigenvalue weighted by Crippen LogP contribution is 2.42. The summed E-state index contributed by atoms with van der Waals surface area (Å²) in [5.41, 5.74) is 11.9. The average molecular weight is 1710 g/mol. The van der Waals surface area contributed by atoms with E-state index in [2.05, 4.69) is 84.0 Å². The zero-order chi connectivity index (χ0) is 86.3. The van der Waals surface area contributed by atoms with Gasteiger partial charge in [0.25, 0.3) is 0 Å². The predicted molar refractivity (Wildman–Crippen MR) is 473 cm³/mol. The lowest BCUT2D eigenvalue weighted by Crippen LogP contribution is -2.20. The molecule has 0 aliphatic rings. The molecule has 119 heavy (non-hydrogen) atoms. The van der Waals surface area contributed by atoms with E-state index >= 15 is 0 Å². The third-order valence-corrected chi connectivity index (χ3v) is 26.4. The minimum absolute atomic E-state index is 0.178. The number of benzene rings is 12. The van der Waals surface area contributed by atoms with Crippen molar-refractivity contribution in [2.75, 3.05) is 54.9 Å². The normalized spacial score (nSPS) is 11.7. The van der Waals surface area contributed by atoms with E-state index in [4.69, 9.17) is 65.8 Å². The Bertz CT molecular complexity index is 5650. The third-order valence-electron chi connectivity index (χ3n) is 20.5. The van der Waals surface area contributed by atoms with Crippen LogP contribution in [0.15, 0.2) is 296 Å². The lowest BCUT2D eigenvalue weighted by molar-refractivity contribution is 0.0607. The van der Waals surface area contributed by atoms with Crippen molar-refractivity contribution in [3.63, 3.8) is 0 Å². The molecular formula is C98H106Cl2O16S3. The van der Waals surface area contributed by atoms with Crippen LogP contribution < -0.4 is 23.7 Å². The molecule has 12 aromatic carbocycles. The highest BCUT2D eigenvalue weighted by atomic mass is 35.5. The van der Waals surface area contributed by atoms with Gasteiger partial charge in [-0.1, -0.05) is 163 Å². The van der Waals surface area contributed by atoms with Crippen LogP contribution in [0.3, 0.4) is 0 Å². The Morgan fingerprint density at radius 2 is 0.555 bits per heavy atom. The topological polar surface area (TPSA) is 206 Å². The van der Waals surface area contributed by atoms with Crippen molar-refractivity contribution in [2.45, 2.75) is 147 Å². The number of phenols is 1. The quantitative estimate of drug-likeness (QED) is 0.0307. The Labute approximate surface area is 713 Å². The monoisotopic (exact) mass is 1700 g/mol. The first-order valence-electron chi connectivity index (χ1n) is 38.9. The highest BCUT2D eigenvalue weighted by Gasteiger charge is 2.30. The molecule has 1 N–H and O–H groups in total. The van der Waals surface area contributed by atoms with Gasteiger partial charge in [-0.15, -0.1) is 23.2 Å². The minimum Gasteiger partial charge on any atom is -0.508 e. The maximum absolute atomic E-state index is 13.1. The number of sulfone groups is 3. The molecule has 0 radical (unpaired) electrons. The molecule has 0 saturated carbocycles. The average Bonchev–Trinajstić information content (AvgIpc) is 0.803. The molecule has 0 atom stereocenters. The summed E-state index contributed by atoms with van der Waals surface area (Å²) in [6.45, 7) is 25.3. The minimum atomic E-state index is -3.64. The smallest absolute Gasteiger partial charge is 0.206 e. The molecular weight excluding hydrogens is 1600 g/mol. The van der Waals surface area contributed by atoms with Gasteiger partial charge in [0, 0.05) is 52.7 Å². The van der Waals surface area contributed by atoms with Gasteiger partial charge in [0.05, 0.1) is 95.0 Å². The number of ether oxygens (including phenoxy) is 9. The molecule has 0 aliphatic heterocycles. The van der Waals surface area contributed by atoms with Gasteiger partial charge in [0.1, 0.15) is 51.7 Å². The number of alkyl halides is 2. The molecule has 0 spiro atoms. The largest absolute Gasteiger partial charge is 0.508 e. The number of phenolic OH excluding ortho intramolecular Hbond substituents is 1. The number of hydrogen-bond donors (Lipinski definition) is 1. The Balaban J connectivity index is 0.000000204. The molecule has 0 aromatic heterocycles. The van der Waals surface area contributed by atoms with E-state index in [0.29, 0.717) is 79.7 Å². The van der Waals surface area contributed by atoms with Gasteiger partial charge in [-0.3, -0.25) is 0 Å². The second-order valence-corrected chi connectivity index (χ2v) is 36.1. The van der Waals surface area contributed by atoms with Gasteiger partial charge in [-0.2, -0.15) is 0 Å². The van der Waals surface area contributed by atoms with Gasteiger partial charge < -0.3 is 47.7 Å². The number of methoxy groups -OCH3 is 4. The van der Waals surface area contributed by atoms with Crippen LogP contribution in [0.2, 0.25) is 0 Å². The van der Waals surface area contributed by atoms with Crippen LogP contribution in [0, 0.1) is 20.8 Å². The number of aryl methyl sites for hydroxylation is 3. The number of halogens is 2. The third kappa shape index (κ3) is 23.6. The highest BCUT2D eigenvalue weighted by molar-refractivity contribution is 7.92. The first-order valence-corrected chi connectivity index (χ1v) is 44.4. The van der Waals surface area contributed by atoms with Crippen LogP contribution in [0.5, 0.6) is 51.7 Å². The number of aromatic hydroxyl groups is 1. The van der Waals surface area contributed by atoms with Crippen LogP contribution in [0.4, 0.5) is 0 Å². The maximum Gasteiger partial charge on any atom is 0.206 e. The van der Waals surface area contributed by atoms with Crippen LogP contribution in [-0.4, -0.2) is 85.2 Å². The molecule has 12 aromatic rings. The van der Waals surface area contributed by atoms with Crippen molar-refractivity contribution >= 4 is 52.7 Å². The fourth-order valence-corrected chi connectivity index (χ4v) is 17.0. The standard InChI is InChI=1S/C37H44O8S.C30H28Cl2O4S.C29H28O4S.C2H6/c1-27-7-13-33(14-8-27)46(38,39)34-15-11-32(12-16-34)45-36-18-10-31(24-29(36)26-44-22-20-41-5)37(2,3)30-9-17-35(42-6)28(23-30)25-43-21-19-40-4;1-20-4-10-26(11-5-20)37(34,35)27-12-8-25(9-13-27)36-29-15-7-24(17-22(29)19-32)30(2,3)23-6-14-28(33)21(16-23)18-31;1-21-5-17-27(18-6-21)34(30,31)28-19-15-26(16-20-28)33-25-13-9-23(10-14-25)29(2,3)22-7-11-24(32-4)12-8-22;1-2/h7-18,23-24H,19-22,25-26H2,1-6H3;4-17,33H,18-19H2,1-3H3;5-20H,1-4H3;1-2H3. The molecule has 0 fully saturated rings. The second kappa shape index (κ2) is 42.1. The summed E-state index contributed by atoms with van der Waals surface area (Å²) in [4.78, 5) is 1.42. The maximum atomic E-state index is 13.1. The van der Waals surface area contributed by atoms with Gasteiger partial charge in [-0.05, 0) is 230 Å². The molecule has 0 unspecified atom stereocenters. The fourth-order valence-electron chi connectivity index (χ4n) is 12.8.